The molecule has 1 atom stereocenters. The zero-order chi connectivity index (χ0) is 18.4. The van der Waals surface area contributed by atoms with Gasteiger partial charge in [0.15, 0.2) is 0 Å². The van der Waals surface area contributed by atoms with Crippen molar-refractivity contribution >= 4 is 40.4 Å². The first kappa shape index (κ1) is 18.9. The molecule has 0 bridgehead atoms. The van der Waals surface area contributed by atoms with Crippen molar-refractivity contribution in [2.75, 3.05) is 10.8 Å². The fourth-order valence-electron chi connectivity index (χ4n) is 3.35. The second-order valence-corrected chi connectivity index (χ2v) is 7.62. The predicted molar refractivity (Wildman–Crippen MR) is 105 cm³/mol. The van der Waals surface area contributed by atoms with Crippen LogP contribution in [0.25, 0.3) is 0 Å². The van der Waals surface area contributed by atoms with Crippen molar-refractivity contribution < 1.29 is 9.59 Å². The van der Waals surface area contributed by atoms with E-state index in [-0.39, 0.29) is 23.7 Å². The van der Waals surface area contributed by atoms with Gasteiger partial charge in [-0.2, -0.15) is 0 Å². The van der Waals surface area contributed by atoms with Crippen LogP contribution in [0.2, 0.25) is 0 Å². The number of pyridine rings is 1. The maximum absolute atomic E-state index is 13.2. The van der Waals surface area contributed by atoms with Crippen LogP contribution < -0.4 is 10.2 Å². The Kier molecular flexibility index (Phi) is 6.63. The molecule has 1 N–H and O–H groups in total. The lowest BCUT2D eigenvalue weighted by molar-refractivity contribution is -0.126. The largest absolute Gasteiger partial charge is 0.351 e. The van der Waals surface area contributed by atoms with Gasteiger partial charge in [-0.3, -0.25) is 19.5 Å². The number of alkyl halides is 1. The zero-order valence-electron chi connectivity index (χ0n) is 14.4. The Morgan fingerprint density at radius 2 is 2.08 bits per heavy atom. The first-order chi connectivity index (χ1) is 12.7. The van der Waals surface area contributed by atoms with Crippen LogP contribution in [0.1, 0.15) is 43.0 Å². The molecule has 1 fully saturated rings. The van der Waals surface area contributed by atoms with E-state index in [1.54, 1.807) is 24.5 Å². The monoisotopic (exact) mass is 391 g/mol. The molecular formula is C19H22ClN3O2S. The minimum absolute atomic E-state index is 0.165. The molecule has 0 saturated heterocycles. The lowest BCUT2D eigenvalue weighted by Crippen LogP contribution is -2.47. The number of carbonyl (C=O) groups excluding carboxylic acids is 2. The number of rotatable bonds is 6. The van der Waals surface area contributed by atoms with Crippen molar-refractivity contribution in [3.63, 3.8) is 0 Å². The first-order valence-corrected chi connectivity index (χ1v) is 10.2. The fraction of sp³-hybridized carbons (Fsp3) is 0.421. The van der Waals surface area contributed by atoms with Crippen molar-refractivity contribution in [3.8, 4) is 0 Å². The molecule has 138 valence electrons. The molecule has 2 aromatic rings. The number of hydrogen-bond acceptors (Lipinski definition) is 4. The molecule has 1 saturated carbocycles. The maximum atomic E-state index is 13.2. The summed E-state index contributed by atoms with van der Waals surface area (Å²) in [7, 11) is 0. The third-order valence-electron chi connectivity index (χ3n) is 4.58. The number of aromatic nitrogens is 1. The average molecular weight is 392 g/mol. The maximum Gasteiger partial charge on any atom is 0.248 e. The quantitative estimate of drug-likeness (QED) is 0.759. The smallest absolute Gasteiger partial charge is 0.248 e. The van der Waals surface area contributed by atoms with Gasteiger partial charge in [0.2, 0.25) is 11.8 Å². The number of anilines is 1. The van der Waals surface area contributed by atoms with Gasteiger partial charge in [-0.15, -0.1) is 22.9 Å². The Morgan fingerprint density at radius 1 is 1.27 bits per heavy atom. The molecule has 0 spiro atoms. The fourth-order valence-corrected chi connectivity index (χ4v) is 4.29. The summed E-state index contributed by atoms with van der Waals surface area (Å²) in [6.07, 6.45) is 8.66. The molecule has 2 heterocycles. The molecule has 1 unspecified atom stereocenters. The van der Waals surface area contributed by atoms with Crippen LogP contribution in [-0.2, 0) is 9.59 Å². The number of carbonyl (C=O) groups is 2. The number of halogens is 1. The van der Waals surface area contributed by atoms with Gasteiger partial charge in [0.1, 0.15) is 11.9 Å². The molecule has 2 aromatic heterocycles. The van der Waals surface area contributed by atoms with Gasteiger partial charge >= 0.3 is 0 Å². The normalized spacial score (nSPS) is 16.0. The van der Waals surface area contributed by atoms with E-state index in [4.69, 9.17) is 11.6 Å². The number of nitrogens with one attached hydrogen (secondary N) is 1. The topological polar surface area (TPSA) is 62.3 Å². The van der Waals surface area contributed by atoms with E-state index in [2.05, 4.69) is 10.3 Å². The van der Waals surface area contributed by atoms with Crippen LogP contribution in [0.3, 0.4) is 0 Å². The molecule has 1 aliphatic rings. The Morgan fingerprint density at radius 3 is 2.69 bits per heavy atom. The van der Waals surface area contributed by atoms with E-state index in [0.29, 0.717) is 5.69 Å². The van der Waals surface area contributed by atoms with Gasteiger partial charge < -0.3 is 5.32 Å². The summed E-state index contributed by atoms with van der Waals surface area (Å²) in [5.74, 6) is -0.688. The standard InChI is InChI=1S/C19H22ClN3O2S/c20-12-17(24)23(15-8-4-10-21-13-15)18(16-9-5-11-26-16)19(25)22-14-6-2-1-3-7-14/h4-5,8-11,13-14,18H,1-3,6-7,12H2,(H,22,25). The van der Waals surface area contributed by atoms with Crippen molar-refractivity contribution in [1.82, 2.24) is 10.3 Å². The van der Waals surface area contributed by atoms with Crippen LogP contribution in [-0.4, -0.2) is 28.7 Å². The van der Waals surface area contributed by atoms with Gasteiger partial charge in [-0.1, -0.05) is 25.3 Å². The van der Waals surface area contributed by atoms with Crippen LogP contribution in [0.15, 0.2) is 42.0 Å². The van der Waals surface area contributed by atoms with Gasteiger partial charge in [0.25, 0.3) is 0 Å². The Labute approximate surface area is 162 Å². The predicted octanol–water partition coefficient (Wildman–Crippen LogP) is 3.91. The third kappa shape index (κ3) is 4.43. The highest BCUT2D eigenvalue weighted by Gasteiger charge is 2.34. The summed E-state index contributed by atoms with van der Waals surface area (Å²) in [5, 5.41) is 5.05. The summed E-state index contributed by atoms with van der Waals surface area (Å²) in [6, 6.07) is 6.70. The van der Waals surface area contributed by atoms with Crippen molar-refractivity contribution in [1.29, 1.82) is 0 Å². The number of nitrogens with zero attached hydrogens (tertiary/aromatic N) is 2. The molecule has 7 heteroatoms. The molecular weight excluding hydrogens is 370 g/mol. The highest BCUT2D eigenvalue weighted by molar-refractivity contribution is 7.10. The second kappa shape index (κ2) is 9.14. The first-order valence-electron chi connectivity index (χ1n) is 8.82. The van der Waals surface area contributed by atoms with Crippen LogP contribution in [0.5, 0.6) is 0 Å². The van der Waals surface area contributed by atoms with Crippen LogP contribution >= 0.6 is 22.9 Å². The minimum Gasteiger partial charge on any atom is -0.351 e. The van der Waals surface area contributed by atoms with E-state index in [9.17, 15) is 9.59 Å². The van der Waals surface area contributed by atoms with E-state index in [0.717, 1.165) is 30.6 Å². The van der Waals surface area contributed by atoms with Crippen LogP contribution in [0, 0.1) is 0 Å². The van der Waals surface area contributed by atoms with Crippen LogP contribution in [0.4, 0.5) is 5.69 Å². The Balaban J connectivity index is 1.93. The number of amides is 2. The lowest BCUT2D eigenvalue weighted by Gasteiger charge is -2.32. The molecule has 1 aliphatic carbocycles. The lowest BCUT2D eigenvalue weighted by atomic mass is 9.95. The minimum atomic E-state index is -0.743. The summed E-state index contributed by atoms with van der Waals surface area (Å²) >= 11 is 7.31. The molecule has 2 amide bonds. The molecule has 3 rings (SSSR count). The van der Waals surface area contributed by atoms with Crippen molar-refractivity contribution in [2.24, 2.45) is 0 Å². The highest BCUT2D eigenvalue weighted by atomic mass is 35.5. The molecule has 0 aliphatic heterocycles. The Hall–Kier alpha value is -1.92. The summed E-state index contributed by atoms with van der Waals surface area (Å²) in [5.41, 5.74) is 0.565. The number of thiophene rings is 1. The average Bonchev–Trinajstić information content (AvgIpc) is 3.21. The molecule has 5 nitrogen and oxygen atoms in total. The van der Waals surface area contributed by atoms with Gasteiger partial charge in [-0.05, 0) is 36.4 Å². The van der Waals surface area contributed by atoms with E-state index < -0.39 is 6.04 Å². The molecule has 0 aromatic carbocycles. The van der Waals surface area contributed by atoms with E-state index in [1.165, 1.54) is 22.7 Å². The SMILES string of the molecule is O=C(NC1CCCCC1)C(c1cccs1)N(C(=O)CCl)c1cccnc1. The van der Waals surface area contributed by atoms with E-state index in [1.807, 2.05) is 17.5 Å². The summed E-state index contributed by atoms with van der Waals surface area (Å²) in [6.45, 7) is 0. The molecule has 26 heavy (non-hydrogen) atoms. The Bertz CT molecular complexity index is 718. The van der Waals surface area contributed by atoms with E-state index >= 15 is 0 Å². The second-order valence-electron chi connectivity index (χ2n) is 6.37. The van der Waals surface area contributed by atoms with Gasteiger partial charge in [0.05, 0.1) is 11.9 Å². The van der Waals surface area contributed by atoms with Crippen molar-refractivity contribution in [3.05, 3.63) is 46.9 Å². The molecule has 0 radical (unpaired) electrons. The van der Waals surface area contributed by atoms with Crippen molar-refractivity contribution in [2.45, 2.75) is 44.2 Å². The third-order valence-corrected chi connectivity index (χ3v) is 5.73. The zero-order valence-corrected chi connectivity index (χ0v) is 16.0. The van der Waals surface area contributed by atoms with Gasteiger partial charge in [-0.25, -0.2) is 0 Å². The number of hydrogen-bond donors (Lipinski definition) is 1. The van der Waals surface area contributed by atoms with Gasteiger partial charge in [0, 0.05) is 17.1 Å². The summed E-state index contributed by atoms with van der Waals surface area (Å²) < 4.78 is 0. The summed E-state index contributed by atoms with van der Waals surface area (Å²) in [4.78, 5) is 32.2. The highest BCUT2D eigenvalue weighted by Crippen LogP contribution is 2.31.